The van der Waals surface area contributed by atoms with Gasteiger partial charge in [-0.2, -0.15) is 0 Å². The highest BCUT2D eigenvalue weighted by Gasteiger charge is 2.47. The fraction of sp³-hybridized carbons (Fsp3) is 1.00. The van der Waals surface area contributed by atoms with E-state index in [1.54, 1.807) is 6.92 Å². The Morgan fingerprint density at radius 2 is 1.46 bits per heavy atom. The third-order valence-corrected chi connectivity index (χ3v) is 7.63. The molecule has 4 atom stereocenters. The van der Waals surface area contributed by atoms with Crippen molar-refractivity contribution in [3.63, 3.8) is 0 Å². The van der Waals surface area contributed by atoms with Crippen molar-refractivity contribution in [1.29, 1.82) is 0 Å². The molecular formula is C20H36F2N2. The molecule has 3 rings (SSSR count). The van der Waals surface area contributed by atoms with E-state index in [0.717, 1.165) is 0 Å². The number of nitrogens with zero attached hydrogens (tertiary/aromatic N) is 2. The van der Waals surface area contributed by atoms with Gasteiger partial charge in [-0.1, -0.05) is 33.1 Å². The van der Waals surface area contributed by atoms with E-state index in [1.807, 2.05) is 0 Å². The lowest BCUT2D eigenvalue weighted by Crippen LogP contribution is -2.62. The molecular weight excluding hydrogens is 306 g/mol. The van der Waals surface area contributed by atoms with Crippen molar-refractivity contribution >= 4 is 0 Å². The van der Waals surface area contributed by atoms with Gasteiger partial charge in [0, 0.05) is 50.6 Å². The van der Waals surface area contributed by atoms with Gasteiger partial charge in [0.2, 0.25) is 0 Å². The van der Waals surface area contributed by atoms with Gasteiger partial charge in [0.15, 0.2) is 0 Å². The molecule has 2 heterocycles. The van der Waals surface area contributed by atoms with Crippen LogP contribution in [0.25, 0.3) is 0 Å². The van der Waals surface area contributed by atoms with Crippen LogP contribution < -0.4 is 0 Å². The van der Waals surface area contributed by atoms with Gasteiger partial charge >= 0.3 is 0 Å². The van der Waals surface area contributed by atoms with Gasteiger partial charge in [-0.25, -0.2) is 8.78 Å². The molecule has 2 saturated heterocycles. The van der Waals surface area contributed by atoms with Crippen LogP contribution in [0.3, 0.4) is 0 Å². The quantitative estimate of drug-likeness (QED) is 0.734. The second kappa shape index (κ2) is 6.83. The SMILES string of the molecule is CC(C(C)N1CCC(F)(F)C(C)C1)C(C)N1CC2(CCCCC2)C1. The maximum atomic E-state index is 13.8. The van der Waals surface area contributed by atoms with Crippen molar-refractivity contribution in [3.8, 4) is 0 Å². The Morgan fingerprint density at radius 3 is 2.04 bits per heavy atom. The molecule has 2 nitrogen and oxygen atoms in total. The topological polar surface area (TPSA) is 6.48 Å². The highest BCUT2D eigenvalue weighted by Crippen LogP contribution is 2.45. The van der Waals surface area contributed by atoms with Crippen molar-refractivity contribution in [2.45, 2.75) is 84.2 Å². The number of rotatable bonds is 4. The van der Waals surface area contributed by atoms with Crippen LogP contribution >= 0.6 is 0 Å². The average Bonchev–Trinajstić information content (AvgIpc) is 2.54. The van der Waals surface area contributed by atoms with Gasteiger partial charge < -0.3 is 0 Å². The monoisotopic (exact) mass is 342 g/mol. The largest absolute Gasteiger partial charge is 0.300 e. The Hall–Kier alpha value is -0.220. The van der Waals surface area contributed by atoms with Crippen LogP contribution in [0.15, 0.2) is 0 Å². The lowest BCUT2D eigenvalue weighted by atomic mass is 9.67. The van der Waals surface area contributed by atoms with E-state index in [9.17, 15) is 8.78 Å². The van der Waals surface area contributed by atoms with Crippen molar-refractivity contribution in [1.82, 2.24) is 9.80 Å². The smallest absolute Gasteiger partial charge is 0.253 e. The lowest BCUT2D eigenvalue weighted by Gasteiger charge is -2.56. The Kier molecular flexibility index (Phi) is 5.28. The molecule has 0 aromatic heterocycles. The standard InChI is InChI=1S/C20H36F2N2/c1-15-12-23(11-10-20(15,21)22)17(3)16(2)18(4)24-13-19(14-24)8-6-5-7-9-19/h15-18H,5-14H2,1-4H3. The molecule has 4 heteroatoms. The average molecular weight is 343 g/mol. The lowest BCUT2D eigenvalue weighted by molar-refractivity contribution is -0.115. The fourth-order valence-corrected chi connectivity index (χ4v) is 5.28. The van der Waals surface area contributed by atoms with Crippen LogP contribution in [0, 0.1) is 17.3 Å². The van der Waals surface area contributed by atoms with Crippen LogP contribution in [0.5, 0.6) is 0 Å². The van der Waals surface area contributed by atoms with E-state index in [0.29, 0.717) is 36.5 Å². The highest BCUT2D eigenvalue weighted by molar-refractivity contribution is 5.00. The van der Waals surface area contributed by atoms with E-state index in [4.69, 9.17) is 0 Å². The first-order valence-corrected chi connectivity index (χ1v) is 10.1. The number of halogens is 2. The van der Waals surface area contributed by atoms with Crippen LogP contribution in [0.1, 0.15) is 66.2 Å². The zero-order valence-electron chi connectivity index (χ0n) is 16.0. The summed E-state index contributed by atoms with van der Waals surface area (Å²) in [5, 5.41) is 0. The second-order valence-corrected chi connectivity index (χ2v) is 9.21. The Bertz CT molecular complexity index is 425. The molecule has 4 unspecified atom stereocenters. The van der Waals surface area contributed by atoms with Crippen molar-refractivity contribution < 1.29 is 8.78 Å². The minimum atomic E-state index is -2.48. The van der Waals surface area contributed by atoms with Crippen LogP contribution in [-0.2, 0) is 0 Å². The van der Waals surface area contributed by atoms with Crippen LogP contribution in [0.4, 0.5) is 8.78 Å². The molecule has 0 aromatic carbocycles. The molecule has 0 amide bonds. The first-order chi connectivity index (χ1) is 11.2. The van der Waals surface area contributed by atoms with E-state index in [2.05, 4.69) is 30.6 Å². The number of alkyl halides is 2. The fourth-order valence-electron chi connectivity index (χ4n) is 5.28. The number of piperidine rings is 1. The molecule has 3 aliphatic rings. The summed E-state index contributed by atoms with van der Waals surface area (Å²) in [4.78, 5) is 4.95. The van der Waals surface area contributed by atoms with Crippen LogP contribution in [-0.4, -0.2) is 54.0 Å². The van der Waals surface area contributed by atoms with Gasteiger partial charge in [-0.3, -0.25) is 9.80 Å². The third-order valence-electron chi connectivity index (χ3n) is 7.63. The summed E-state index contributed by atoms with van der Waals surface area (Å²) in [6, 6.07) is 0.923. The Morgan fingerprint density at radius 1 is 0.875 bits per heavy atom. The summed E-state index contributed by atoms with van der Waals surface area (Å²) in [6.07, 6.45) is 7.09. The minimum Gasteiger partial charge on any atom is -0.300 e. The zero-order chi connectivity index (χ0) is 17.5. The van der Waals surface area contributed by atoms with E-state index in [1.165, 1.54) is 45.2 Å². The summed E-state index contributed by atoms with van der Waals surface area (Å²) in [7, 11) is 0. The molecule has 140 valence electrons. The molecule has 0 N–H and O–H groups in total. The van der Waals surface area contributed by atoms with Crippen molar-refractivity contribution in [3.05, 3.63) is 0 Å². The maximum Gasteiger partial charge on any atom is 0.253 e. The molecule has 2 aliphatic heterocycles. The minimum absolute atomic E-state index is 0.0203. The molecule has 1 spiro atoms. The summed E-state index contributed by atoms with van der Waals surface area (Å²) in [5.41, 5.74) is 0.622. The first kappa shape index (κ1) is 18.6. The van der Waals surface area contributed by atoms with E-state index < -0.39 is 11.8 Å². The van der Waals surface area contributed by atoms with Gasteiger partial charge in [-0.15, -0.1) is 0 Å². The maximum absolute atomic E-state index is 13.8. The van der Waals surface area contributed by atoms with Gasteiger partial charge in [0.05, 0.1) is 0 Å². The number of likely N-dealkylation sites (tertiary alicyclic amines) is 2. The molecule has 0 aromatic rings. The summed E-state index contributed by atoms with van der Waals surface area (Å²) >= 11 is 0. The molecule has 0 bridgehead atoms. The first-order valence-electron chi connectivity index (χ1n) is 10.1. The second-order valence-electron chi connectivity index (χ2n) is 9.21. The summed E-state index contributed by atoms with van der Waals surface area (Å²) in [6.45, 7) is 12.2. The van der Waals surface area contributed by atoms with Gasteiger partial charge in [0.1, 0.15) is 0 Å². The van der Waals surface area contributed by atoms with Gasteiger partial charge in [0.25, 0.3) is 5.92 Å². The highest BCUT2D eigenvalue weighted by atomic mass is 19.3. The summed E-state index contributed by atoms with van der Waals surface area (Å²) in [5.74, 6) is -2.48. The normalized spacial score (nSPS) is 34.5. The van der Waals surface area contributed by atoms with E-state index >= 15 is 0 Å². The van der Waals surface area contributed by atoms with Crippen molar-refractivity contribution in [2.75, 3.05) is 26.2 Å². The van der Waals surface area contributed by atoms with Gasteiger partial charge in [-0.05, 0) is 38.0 Å². The predicted molar refractivity (Wildman–Crippen MR) is 95.5 cm³/mol. The Labute approximate surface area is 147 Å². The molecule has 1 saturated carbocycles. The molecule has 1 aliphatic carbocycles. The molecule has 24 heavy (non-hydrogen) atoms. The third kappa shape index (κ3) is 3.51. The number of hydrogen-bond donors (Lipinski definition) is 0. The van der Waals surface area contributed by atoms with Crippen LogP contribution in [0.2, 0.25) is 0 Å². The van der Waals surface area contributed by atoms with Crippen molar-refractivity contribution in [2.24, 2.45) is 17.3 Å². The molecule has 0 radical (unpaired) electrons. The zero-order valence-corrected chi connectivity index (χ0v) is 16.0. The Balaban J connectivity index is 1.51. The summed E-state index contributed by atoms with van der Waals surface area (Å²) < 4.78 is 27.5. The van der Waals surface area contributed by atoms with E-state index in [-0.39, 0.29) is 6.42 Å². The molecule has 3 fully saturated rings. The number of hydrogen-bond acceptors (Lipinski definition) is 2. The predicted octanol–water partition coefficient (Wildman–Crippen LogP) is 4.64.